The number of aromatic nitrogens is 1. The number of sulfonamides is 1. The number of nitrogens with zero attached hydrogens (tertiary/aromatic N) is 1. The molecule has 3 aromatic carbocycles. The van der Waals surface area contributed by atoms with Crippen LogP contribution in [-0.4, -0.2) is 32.6 Å². The molecule has 3 amide bonds. The summed E-state index contributed by atoms with van der Waals surface area (Å²) in [6.45, 7) is 1.60. The Bertz CT molecular complexity index is 1660. The van der Waals surface area contributed by atoms with Crippen molar-refractivity contribution < 1.29 is 31.5 Å². The molecule has 0 aliphatic rings. The zero-order valence-corrected chi connectivity index (χ0v) is 22.8. The third-order valence-corrected chi connectivity index (χ3v) is 7.57. The molecular weight excluding hydrogens is 554 g/mol. The quantitative estimate of drug-likeness (QED) is 0.253. The summed E-state index contributed by atoms with van der Waals surface area (Å²) in [6, 6.07) is 17.1. The van der Waals surface area contributed by atoms with E-state index in [1.54, 1.807) is 55.5 Å². The van der Waals surface area contributed by atoms with Crippen LogP contribution < -0.4 is 15.4 Å². The molecule has 12 heteroatoms. The maximum Gasteiger partial charge on any atom is 0.411 e. The van der Waals surface area contributed by atoms with Crippen molar-refractivity contribution in [1.29, 1.82) is 0 Å². The Morgan fingerprint density at radius 3 is 2.29 bits per heavy atom. The van der Waals surface area contributed by atoms with E-state index >= 15 is 0 Å². The van der Waals surface area contributed by atoms with E-state index in [2.05, 4.69) is 20.4 Å². The zero-order valence-electron chi connectivity index (χ0n) is 22.0. The van der Waals surface area contributed by atoms with Gasteiger partial charge in [0.1, 0.15) is 11.6 Å². The summed E-state index contributed by atoms with van der Waals surface area (Å²) in [5, 5.41) is 5.16. The molecule has 0 aliphatic carbocycles. The standard InChI is InChI=1S/C29H26F2N4O5S/c1-18-6-3-4-8-26(18)41(38,39)35-28(36)34-25(16-19-14-21(30)17-22(31)15-19)27-24(7-5-13-32-27)20-9-11-23(12-10-20)33-29(37)40-2/h3-15,17,25H,16H2,1-2H3,(H,33,37)(H2,34,35,36)/t25-/m0/s1. The third kappa shape index (κ3) is 7.42. The van der Waals surface area contributed by atoms with Gasteiger partial charge in [0, 0.05) is 23.5 Å². The fourth-order valence-corrected chi connectivity index (χ4v) is 5.41. The van der Waals surface area contributed by atoms with Crippen molar-refractivity contribution in [3.8, 4) is 11.1 Å². The number of anilines is 1. The fourth-order valence-electron chi connectivity index (χ4n) is 4.24. The molecule has 0 unspecified atom stereocenters. The second-order valence-corrected chi connectivity index (χ2v) is 10.7. The van der Waals surface area contributed by atoms with Gasteiger partial charge in [-0.3, -0.25) is 10.3 Å². The van der Waals surface area contributed by atoms with Gasteiger partial charge in [-0.15, -0.1) is 0 Å². The number of aryl methyl sites for hydroxylation is 1. The van der Waals surface area contributed by atoms with Crippen LogP contribution in [0.5, 0.6) is 0 Å². The molecule has 212 valence electrons. The number of halogens is 2. The van der Waals surface area contributed by atoms with Crippen molar-refractivity contribution >= 4 is 27.8 Å². The molecule has 0 aliphatic heterocycles. The van der Waals surface area contributed by atoms with Crippen LogP contribution in [0.25, 0.3) is 11.1 Å². The Balaban J connectivity index is 1.68. The monoisotopic (exact) mass is 580 g/mol. The molecule has 0 saturated carbocycles. The Morgan fingerprint density at radius 1 is 0.951 bits per heavy atom. The summed E-state index contributed by atoms with van der Waals surface area (Å²) >= 11 is 0. The lowest BCUT2D eigenvalue weighted by molar-refractivity contribution is 0.187. The van der Waals surface area contributed by atoms with E-state index < -0.39 is 39.8 Å². The topological polar surface area (TPSA) is 126 Å². The van der Waals surface area contributed by atoms with E-state index in [0.717, 1.165) is 18.2 Å². The summed E-state index contributed by atoms with van der Waals surface area (Å²) in [4.78, 5) is 28.9. The van der Waals surface area contributed by atoms with Crippen LogP contribution in [0.4, 0.5) is 24.1 Å². The first kappa shape index (κ1) is 29.2. The lowest BCUT2D eigenvalue weighted by Gasteiger charge is -2.22. The average molecular weight is 581 g/mol. The molecule has 41 heavy (non-hydrogen) atoms. The minimum absolute atomic E-state index is 0.0712. The number of pyridine rings is 1. The maximum absolute atomic E-state index is 14.0. The van der Waals surface area contributed by atoms with Crippen molar-refractivity contribution in [2.75, 3.05) is 12.4 Å². The molecule has 0 bridgehead atoms. The largest absolute Gasteiger partial charge is 0.453 e. The predicted octanol–water partition coefficient (Wildman–Crippen LogP) is 5.49. The van der Waals surface area contributed by atoms with Gasteiger partial charge >= 0.3 is 12.1 Å². The highest BCUT2D eigenvalue weighted by Crippen LogP contribution is 2.30. The summed E-state index contributed by atoms with van der Waals surface area (Å²) in [7, 11) is -2.99. The Hall–Kier alpha value is -4.84. The smallest absolute Gasteiger partial charge is 0.411 e. The summed E-state index contributed by atoms with van der Waals surface area (Å²) in [5.41, 5.74) is 2.64. The highest BCUT2D eigenvalue weighted by molar-refractivity contribution is 7.90. The van der Waals surface area contributed by atoms with Crippen molar-refractivity contribution in [2.24, 2.45) is 0 Å². The first-order chi connectivity index (χ1) is 19.6. The predicted molar refractivity (Wildman–Crippen MR) is 149 cm³/mol. The molecule has 4 aromatic rings. The van der Waals surface area contributed by atoms with E-state index in [-0.39, 0.29) is 16.9 Å². The van der Waals surface area contributed by atoms with Crippen LogP contribution in [-0.2, 0) is 21.2 Å². The number of hydrogen-bond acceptors (Lipinski definition) is 6. The third-order valence-electron chi connectivity index (χ3n) is 6.07. The number of hydrogen-bond donors (Lipinski definition) is 3. The van der Waals surface area contributed by atoms with Crippen LogP contribution in [0.15, 0.2) is 90.0 Å². The van der Waals surface area contributed by atoms with Gasteiger partial charge in [-0.25, -0.2) is 31.5 Å². The number of carbonyl (C=O) groups excluding carboxylic acids is 2. The number of methoxy groups -OCH3 is 1. The van der Waals surface area contributed by atoms with Gasteiger partial charge in [-0.2, -0.15) is 0 Å². The second kappa shape index (κ2) is 12.6. The molecule has 4 rings (SSSR count). The average Bonchev–Trinajstić information content (AvgIpc) is 2.92. The van der Waals surface area contributed by atoms with E-state index in [1.165, 1.54) is 25.4 Å². The van der Waals surface area contributed by atoms with Gasteiger partial charge in [0.2, 0.25) is 0 Å². The van der Waals surface area contributed by atoms with Crippen LogP contribution >= 0.6 is 0 Å². The summed E-state index contributed by atoms with van der Waals surface area (Å²) < 4.78 is 60.5. The molecule has 1 heterocycles. The van der Waals surface area contributed by atoms with Crippen LogP contribution in [0.2, 0.25) is 0 Å². The van der Waals surface area contributed by atoms with E-state index in [4.69, 9.17) is 0 Å². The molecule has 9 nitrogen and oxygen atoms in total. The number of urea groups is 1. The lowest BCUT2D eigenvalue weighted by Crippen LogP contribution is -2.42. The van der Waals surface area contributed by atoms with Gasteiger partial charge < -0.3 is 10.1 Å². The molecule has 0 fully saturated rings. The molecule has 1 aromatic heterocycles. The number of nitrogens with one attached hydrogen (secondary N) is 3. The molecular formula is C29H26F2N4O5S. The number of ether oxygens (including phenoxy) is 1. The number of benzene rings is 3. The fraction of sp³-hybridized carbons (Fsp3) is 0.138. The summed E-state index contributed by atoms with van der Waals surface area (Å²) in [6.07, 6.45) is 0.728. The summed E-state index contributed by atoms with van der Waals surface area (Å²) in [5.74, 6) is -1.61. The minimum Gasteiger partial charge on any atom is -0.453 e. The first-order valence-corrected chi connectivity index (χ1v) is 13.8. The first-order valence-electron chi connectivity index (χ1n) is 12.3. The SMILES string of the molecule is COC(=O)Nc1ccc(-c2cccnc2[C@H](Cc2cc(F)cc(F)c2)NC(=O)NS(=O)(=O)c2ccccc2C)cc1. The van der Waals surface area contributed by atoms with Gasteiger partial charge in [0.25, 0.3) is 10.0 Å². The normalized spacial score (nSPS) is 11.8. The second-order valence-electron chi connectivity index (χ2n) is 9.01. The Labute approximate surface area is 235 Å². The zero-order chi connectivity index (χ0) is 29.6. The van der Waals surface area contributed by atoms with Crippen molar-refractivity contribution in [3.05, 3.63) is 114 Å². The molecule has 0 spiro atoms. The van der Waals surface area contributed by atoms with Crippen molar-refractivity contribution in [3.63, 3.8) is 0 Å². The van der Waals surface area contributed by atoms with Crippen LogP contribution in [0, 0.1) is 18.6 Å². The number of carbonyl (C=O) groups is 2. The van der Waals surface area contributed by atoms with Gasteiger partial charge in [0.15, 0.2) is 0 Å². The highest BCUT2D eigenvalue weighted by Gasteiger charge is 2.25. The molecule has 3 N–H and O–H groups in total. The van der Waals surface area contributed by atoms with Gasteiger partial charge in [-0.05, 0) is 66.4 Å². The molecule has 0 saturated heterocycles. The van der Waals surface area contributed by atoms with Gasteiger partial charge in [-0.1, -0.05) is 36.4 Å². The minimum atomic E-state index is -4.23. The van der Waals surface area contributed by atoms with E-state index in [1.807, 2.05) is 4.72 Å². The van der Waals surface area contributed by atoms with E-state index in [0.29, 0.717) is 28.1 Å². The van der Waals surface area contributed by atoms with Crippen LogP contribution in [0.3, 0.4) is 0 Å². The molecule has 1 atom stereocenters. The van der Waals surface area contributed by atoms with Gasteiger partial charge in [0.05, 0.1) is 23.7 Å². The number of rotatable bonds is 8. The highest BCUT2D eigenvalue weighted by atomic mass is 32.2. The van der Waals surface area contributed by atoms with Crippen LogP contribution in [0.1, 0.15) is 22.9 Å². The van der Waals surface area contributed by atoms with Crippen molar-refractivity contribution in [2.45, 2.75) is 24.3 Å². The lowest BCUT2D eigenvalue weighted by atomic mass is 9.95. The van der Waals surface area contributed by atoms with Crippen molar-refractivity contribution in [1.82, 2.24) is 15.0 Å². The number of amides is 3. The van der Waals surface area contributed by atoms with E-state index in [9.17, 15) is 26.8 Å². The Morgan fingerprint density at radius 2 is 1.63 bits per heavy atom. The maximum atomic E-state index is 14.0. The Kier molecular flexibility index (Phi) is 8.93. The molecule has 0 radical (unpaired) electrons.